The lowest BCUT2D eigenvalue weighted by atomic mass is 10.2. The summed E-state index contributed by atoms with van der Waals surface area (Å²) >= 11 is 11.8. The maximum atomic E-state index is 11.8. The van der Waals surface area contributed by atoms with Gasteiger partial charge in [-0.3, -0.25) is 4.79 Å². The Morgan fingerprint density at radius 3 is 2.82 bits per heavy atom. The van der Waals surface area contributed by atoms with Crippen LogP contribution in [0.4, 0.5) is 0 Å². The van der Waals surface area contributed by atoms with Gasteiger partial charge in [0.1, 0.15) is 0 Å². The SMILES string of the molecule is O=C1CCNCCN1Cc1ccc(Cl)c(Cl)c1. The van der Waals surface area contributed by atoms with Crippen LogP contribution in [0.15, 0.2) is 18.2 Å². The molecule has 5 heteroatoms. The molecule has 0 aliphatic carbocycles. The number of rotatable bonds is 2. The first-order chi connectivity index (χ1) is 8.16. The Kier molecular flexibility index (Phi) is 4.26. The van der Waals surface area contributed by atoms with Crippen molar-refractivity contribution in [1.82, 2.24) is 10.2 Å². The van der Waals surface area contributed by atoms with Gasteiger partial charge in [-0.1, -0.05) is 29.3 Å². The Morgan fingerprint density at radius 1 is 1.24 bits per heavy atom. The van der Waals surface area contributed by atoms with Gasteiger partial charge in [-0.05, 0) is 17.7 Å². The van der Waals surface area contributed by atoms with Gasteiger partial charge in [0.2, 0.25) is 5.91 Å². The fourth-order valence-electron chi connectivity index (χ4n) is 1.84. The van der Waals surface area contributed by atoms with Gasteiger partial charge in [-0.15, -0.1) is 0 Å². The predicted octanol–water partition coefficient (Wildman–Crippen LogP) is 2.32. The third kappa shape index (κ3) is 3.35. The second-order valence-electron chi connectivity index (χ2n) is 4.06. The van der Waals surface area contributed by atoms with Crippen LogP contribution in [-0.2, 0) is 11.3 Å². The van der Waals surface area contributed by atoms with E-state index in [-0.39, 0.29) is 5.91 Å². The molecule has 1 aromatic rings. The molecule has 0 saturated carbocycles. The number of carbonyl (C=O) groups excluding carboxylic acids is 1. The molecule has 1 N–H and O–H groups in total. The van der Waals surface area contributed by atoms with Crippen molar-refractivity contribution in [2.75, 3.05) is 19.6 Å². The quantitative estimate of drug-likeness (QED) is 0.896. The minimum absolute atomic E-state index is 0.182. The monoisotopic (exact) mass is 272 g/mol. The molecule has 0 bridgehead atoms. The average molecular weight is 273 g/mol. The van der Waals surface area contributed by atoms with Crippen molar-refractivity contribution in [3.05, 3.63) is 33.8 Å². The Morgan fingerprint density at radius 2 is 2.06 bits per heavy atom. The number of hydrogen-bond donors (Lipinski definition) is 1. The van der Waals surface area contributed by atoms with E-state index in [1.165, 1.54) is 0 Å². The van der Waals surface area contributed by atoms with Gasteiger partial charge in [0.15, 0.2) is 0 Å². The lowest BCUT2D eigenvalue weighted by Crippen LogP contribution is -2.31. The summed E-state index contributed by atoms with van der Waals surface area (Å²) in [5.74, 6) is 0.182. The van der Waals surface area contributed by atoms with Crippen molar-refractivity contribution in [2.24, 2.45) is 0 Å². The largest absolute Gasteiger partial charge is 0.337 e. The fourth-order valence-corrected chi connectivity index (χ4v) is 2.16. The van der Waals surface area contributed by atoms with Crippen LogP contribution in [0.3, 0.4) is 0 Å². The van der Waals surface area contributed by atoms with Crippen LogP contribution in [0.25, 0.3) is 0 Å². The molecule has 0 atom stereocenters. The second kappa shape index (κ2) is 5.71. The lowest BCUT2D eigenvalue weighted by Gasteiger charge is -2.20. The Balaban J connectivity index is 2.08. The van der Waals surface area contributed by atoms with Gasteiger partial charge < -0.3 is 10.2 Å². The van der Waals surface area contributed by atoms with E-state index in [0.29, 0.717) is 23.0 Å². The van der Waals surface area contributed by atoms with Crippen molar-refractivity contribution in [3.63, 3.8) is 0 Å². The summed E-state index contributed by atoms with van der Waals surface area (Å²) in [5.41, 5.74) is 1.01. The van der Waals surface area contributed by atoms with Crippen LogP contribution >= 0.6 is 23.2 Å². The van der Waals surface area contributed by atoms with Crippen molar-refractivity contribution in [3.8, 4) is 0 Å². The molecule has 0 radical (unpaired) electrons. The van der Waals surface area contributed by atoms with E-state index < -0.39 is 0 Å². The predicted molar refractivity (Wildman–Crippen MR) is 69.4 cm³/mol. The van der Waals surface area contributed by atoms with Crippen LogP contribution in [0.1, 0.15) is 12.0 Å². The van der Waals surface area contributed by atoms with E-state index in [1.54, 1.807) is 6.07 Å². The van der Waals surface area contributed by atoms with Gasteiger partial charge in [-0.2, -0.15) is 0 Å². The minimum Gasteiger partial charge on any atom is -0.337 e. The van der Waals surface area contributed by atoms with E-state index in [1.807, 2.05) is 17.0 Å². The highest BCUT2D eigenvalue weighted by atomic mass is 35.5. The number of carbonyl (C=O) groups is 1. The molecule has 0 aromatic heterocycles. The number of nitrogens with zero attached hydrogens (tertiary/aromatic N) is 1. The van der Waals surface area contributed by atoms with E-state index in [2.05, 4.69) is 5.32 Å². The van der Waals surface area contributed by atoms with Crippen molar-refractivity contribution < 1.29 is 4.79 Å². The highest BCUT2D eigenvalue weighted by Gasteiger charge is 2.16. The number of amides is 1. The second-order valence-corrected chi connectivity index (χ2v) is 4.88. The molecule has 1 amide bonds. The molecule has 17 heavy (non-hydrogen) atoms. The van der Waals surface area contributed by atoms with E-state index >= 15 is 0 Å². The van der Waals surface area contributed by atoms with Crippen LogP contribution in [0.5, 0.6) is 0 Å². The molecule has 1 saturated heterocycles. The van der Waals surface area contributed by atoms with Gasteiger partial charge in [0, 0.05) is 32.6 Å². The van der Waals surface area contributed by atoms with Gasteiger partial charge >= 0.3 is 0 Å². The summed E-state index contributed by atoms with van der Waals surface area (Å²) in [4.78, 5) is 13.6. The van der Waals surface area contributed by atoms with Crippen LogP contribution < -0.4 is 5.32 Å². The summed E-state index contributed by atoms with van der Waals surface area (Å²) in [5, 5.41) is 4.28. The normalized spacial score (nSPS) is 17.1. The average Bonchev–Trinajstić information content (AvgIpc) is 2.50. The molecule has 1 heterocycles. The Hall–Kier alpha value is -0.770. The van der Waals surface area contributed by atoms with E-state index in [0.717, 1.165) is 25.2 Å². The topological polar surface area (TPSA) is 32.3 Å². The van der Waals surface area contributed by atoms with Crippen LogP contribution in [0, 0.1) is 0 Å². The maximum Gasteiger partial charge on any atom is 0.224 e. The molecular weight excluding hydrogens is 259 g/mol. The number of hydrogen-bond acceptors (Lipinski definition) is 2. The first kappa shape index (κ1) is 12.7. The highest BCUT2D eigenvalue weighted by molar-refractivity contribution is 6.42. The van der Waals surface area contributed by atoms with Crippen LogP contribution in [0.2, 0.25) is 10.0 Å². The first-order valence-corrected chi connectivity index (χ1v) is 6.35. The maximum absolute atomic E-state index is 11.8. The van der Waals surface area contributed by atoms with Gasteiger partial charge in [0.25, 0.3) is 0 Å². The molecule has 1 fully saturated rings. The third-order valence-electron chi connectivity index (χ3n) is 2.78. The zero-order valence-electron chi connectivity index (χ0n) is 9.38. The van der Waals surface area contributed by atoms with Gasteiger partial charge in [0.05, 0.1) is 10.0 Å². The summed E-state index contributed by atoms with van der Waals surface area (Å²) < 4.78 is 0. The molecule has 1 aromatic carbocycles. The summed E-state index contributed by atoms with van der Waals surface area (Å²) in [7, 11) is 0. The molecule has 0 spiro atoms. The molecule has 1 aliphatic heterocycles. The molecule has 1 aliphatic rings. The van der Waals surface area contributed by atoms with Crippen molar-refractivity contribution >= 4 is 29.1 Å². The Labute approximate surface area is 111 Å². The van der Waals surface area contributed by atoms with Crippen molar-refractivity contribution in [1.29, 1.82) is 0 Å². The number of benzene rings is 1. The number of halogens is 2. The van der Waals surface area contributed by atoms with E-state index in [4.69, 9.17) is 23.2 Å². The number of nitrogens with one attached hydrogen (secondary N) is 1. The first-order valence-electron chi connectivity index (χ1n) is 5.59. The van der Waals surface area contributed by atoms with Crippen molar-refractivity contribution in [2.45, 2.75) is 13.0 Å². The smallest absolute Gasteiger partial charge is 0.224 e. The zero-order valence-corrected chi connectivity index (χ0v) is 10.9. The molecular formula is C12H14Cl2N2O. The van der Waals surface area contributed by atoms with Crippen LogP contribution in [-0.4, -0.2) is 30.4 Å². The zero-order chi connectivity index (χ0) is 12.3. The molecule has 3 nitrogen and oxygen atoms in total. The third-order valence-corrected chi connectivity index (χ3v) is 3.52. The minimum atomic E-state index is 0.182. The standard InChI is InChI=1S/C12H14Cl2N2O/c13-10-2-1-9(7-11(10)14)8-16-6-5-15-4-3-12(16)17/h1-2,7,15H,3-6,8H2. The highest BCUT2D eigenvalue weighted by Crippen LogP contribution is 2.23. The molecule has 2 rings (SSSR count). The molecule has 0 unspecified atom stereocenters. The lowest BCUT2D eigenvalue weighted by molar-refractivity contribution is -0.130. The van der Waals surface area contributed by atoms with E-state index in [9.17, 15) is 4.79 Å². The molecule has 92 valence electrons. The summed E-state index contributed by atoms with van der Waals surface area (Å²) in [6, 6.07) is 5.48. The Bertz CT molecular complexity index is 423. The van der Waals surface area contributed by atoms with Gasteiger partial charge in [-0.25, -0.2) is 0 Å². The fraction of sp³-hybridized carbons (Fsp3) is 0.417. The summed E-state index contributed by atoms with van der Waals surface area (Å²) in [6.45, 7) is 2.93. The summed E-state index contributed by atoms with van der Waals surface area (Å²) in [6.07, 6.45) is 0.557.